The van der Waals surface area contributed by atoms with Crippen LogP contribution >= 0.6 is 11.3 Å². The van der Waals surface area contributed by atoms with E-state index >= 15 is 0 Å². The normalized spacial score (nSPS) is 23.2. The molecule has 0 spiro atoms. The minimum Gasteiger partial charge on any atom is -0.315 e. The number of fused-ring (bicyclic) bond motifs is 1. The molecule has 1 fully saturated rings. The highest BCUT2D eigenvalue weighted by Crippen LogP contribution is 2.28. The molecule has 0 bridgehead atoms. The first-order chi connectivity index (χ1) is 10.9. The predicted molar refractivity (Wildman–Crippen MR) is 86.9 cm³/mol. The lowest BCUT2D eigenvalue weighted by atomic mass is 9.97. The number of piperidine rings is 1. The van der Waals surface area contributed by atoms with Crippen molar-refractivity contribution < 1.29 is 0 Å². The molecule has 0 N–H and O–H groups in total. The largest absolute Gasteiger partial charge is 0.315 e. The van der Waals surface area contributed by atoms with Crippen LogP contribution in [0.15, 0.2) is 10.9 Å². The van der Waals surface area contributed by atoms with Gasteiger partial charge in [0.15, 0.2) is 0 Å². The Balaban J connectivity index is 1.49. The average Bonchev–Trinajstić information content (AvgIpc) is 3.13. The molecule has 2 aromatic heterocycles. The van der Waals surface area contributed by atoms with Crippen LogP contribution in [0.25, 0.3) is 0 Å². The third-order valence-electron chi connectivity index (χ3n) is 4.88. The summed E-state index contributed by atoms with van der Waals surface area (Å²) in [6.07, 6.45) is 7.44. The molecule has 0 saturated carbocycles. The Morgan fingerprint density at radius 1 is 1.14 bits per heavy atom. The number of hydrogen-bond donors (Lipinski definition) is 0. The van der Waals surface area contributed by atoms with Crippen molar-refractivity contribution in [2.24, 2.45) is 0 Å². The van der Waals surface area contributed by atoms with Crippen LogP contribution in [0.1, 0.15) is 55.4 Å². The predicted octanol–water partition coefficient (Wildman–Crippen LogP) is 2.84. The summed E-state index contributed by atoms with van der Waals surface area (Å²) in [5.74, 6) is 2.98. The second-order valence-corrected chi connectivity index (χ2v) is 7.21. The van der Waals surface area contributed by atoms with Gasteiger partial charge in [0.2, 0.25) is 0 Å². The molecule has 2 aliphatic rings. The molecule has 1 saturated heterocycles. The van der Waals surface area contributed by atoms with Crippen molar-refractivity contribution in [3.63, 3.8) is 0 Å². The fourth-order valence-electron chi connectivity index (χ4n) is 3.76. The van der Waals surface area contributed by atoms with Crippen LogP contribution in [0.2, 0.25) is 0 Å². The lowest BCUT2D eigenvalue weighted by molar-refractivity contribution is 0.192. The molecular weight excluding hydrogens is 294 g/mol. The van der Waals surface area contributed by atoms with Crippen LogP contribution in [-0.2, 0) is 19.5 Å². The molecule has 4 rings (SSSR count). The summed E-state index contributed by atoms with van der Waals surface area (Å²) in [5.41, 5.74) is 3.13. The van der Waals surface area contributed by atoms with E-state index in [1.54, 1.807) is 11.3 Å². The Kier molecular flexibility index (Phi) is 4.21. The van der Waals surface area contributed by atoms with E-state index in [9.17, 15) is 0 Å². The lowest BCUT2D eigenvalue weighted by Crippen LogP contribution is -2.35. The summed E-state index contributed by atoms with van der Waals surface area (Å²) in [6, 6.07) is 0. The Hall–Kier alpha value is -1.27. The van der Waals surface area contributed by atoms with E-state index in [4.69, 9.17) is 0 Å². The van der Waals surface area contributed by atoms with Gasteiger partial charge in [0.05, 0.1) is 11.2 Å². The zero-order valence-electron chi connectivity index (χ0n) is 12.9. The first kappa shape index (κ1) is 14.3. The Bertz CT molecular complexity index is 606. The van der Waals surface area contributed by atoms with Crippen molar-refractivity contribution in [2.75, 3.05) is 13.1 Å². The van der Waals surface area contributed by atoms with Crippen molar-refractivity contribution in [1.29, 1.82) is 0 Å². The molecule has 6 heteroatoms. The van der Waals surface area contributed by atoms with E-state index in [1.165, 1.54) is 56.0 Å². The smallest absolute Gasteiger partial charge is 0.137 e. The maximum Gasteiger partial charge on any atom is 0.137 e. The number of aryl methyl sites for hydroxylation is 1. The molecule has 0 radical (unpaired) electrons. The molecule has 1 unspecified atom stereocenters. The van der Waals surface area contributed by atoms with Crippen LogP contribution in [0, 0.1) is 0 Å². The molecule has 5 nitrogen and oxygen atoms in total. The average molecular weight is 317 g/mol. The van der Waals surface area contributed by atoms with E-state index in [0.717, 1.165) is 26.1 Å². The van der Waals surface area contributed by atoms with Gasteiger partial charge in [-0.15, -0.1) is 21.5 Å². The van der Waals surface area contributed by atoms with Gasteiger partial charge in [0.25, 0.3) is 0 Å². The Labute approximate surface area is 135 Å². The molecule has 2 aromatic rings. The zero-order chi connectivity index (χ0) is 14.8. The zero-order valence-corrected chi connectivity index (χ0v) is 13.8. The summed E-state index contributed by atoms with van der Waals surface area (Å²) in [6.45, 7) is 4.35. The number of thiazole rings is 1. The molecule has 0 aromatic carbocycles. The summed E-state index contributed by atoms with van der Waals surface area (Å²) in [5, 5.41) is 11.2. The summed E-state index contributed by atoms with van der Waals surface area (Å²) in [4.78, 5) is 6.95. The first-order valence-electron chi connectivity index (χ1n) is 8.41. The maximum atomic E-state index is 4.57. The Morgan fingerprint density at radius 2 is 2.14 bits per heavy atom. The van der Waals surface area contributed by atoms with Crippen LogP contribution in [0.5, 0.6) is 0 Å². The van der Waals surface area contributed by atoms with E-state index in [1.807, 2.05) is 5.51 Å². The number of aromatic nitrogens is 4. The SMILES string of the molecule is c1nc(CN2CCCC(c3nnc4n3CCCCC4)C2)cs1. The number of nitrogens with zero attached hydrogens (tertiary/aromatic N) is 5. The van der Waals surface area contributed by atoms with E-state index < -0.39 is 0 Å². The van der Waals surface area contributed by atoms with Gasteiger partial charge in [-0.3, -0.25) is 4.90 Å². The molecule has 118 valence electrons. The van der Waals surface area contributed by atoms with E-state index in [2.05, 4.69) is 30.0 Å². The first-order valence-corrected chi connectivity index (χ1v) is 9.36. The molecule has 2 aliphatic heterocycles. The summed E-state index contributed by atoms with van der Waals surface area (Å²) >= 11 is 1.68. The van der Waals surface area contributed by atoms with Crippen molar-refractivity contribution in [3.05, 3.63) is 28.2 Å². The number of likely N-dealkylation sites (tertiary alicyclic amines) is 1. The van der Waals surface area contributed by atoms with E-state index in [-0.39, 0.29) is 0 Å². The Morgan fingerprint density at radius 3 is 3.05 bits per heavy atom. The summed E-state index contributed by atoms with van der Waals surface area (Å²) < 4.78 is 2.42. The van der Waals surface area contributed by atoms with Crippen molar-refractivity contribution in [3.8, 4) is 0 Å². The molecule has 4 heterocycles. The van der Waals surface area contributed by atoms with Crippen molar-refractivity contribution in [2.45, 2.75) is 57.5 Å². The van der Waals surface area contributed by atoms with Gasteiger partial charge in [-0.2, -0.15) is 0 Å². The fourth-order valence-corrected chi connectivity index (χ4v) is 4.31. The minimum atomic E-state index is 0.534. The molecule has 1 atom stereocenters. The second-order valence-electron chi connectivity index (χ2n) is 6.49. The van der Waals surface area contributed by atoms with Crippen molar-refractivity contribution >= 4 is 11.3 Å². The molecular formula is C16H23N5S. The van der Waals surface area contributed by atoms with Crippen LogP contribution in [-0.4, -0.2) is 37.7 Å². The molecule has 0 aliphatic carbocycles. The van der Waals surface area contributed by atoms with E-state index in [0.29, 0.717) is 5.92 Å². The van der Waals surface area contributed by atoms with Crippen molar-refractivity contribution in [1.82, 2.24) is 24.6 Å². The van der Waals surface area contributed by atoms with Gasteiger partial charge >= 0.3 is 0 Å². The quantitative estimate of drug-likeness (QED) is 0.873. The van der Waals surface area contributed by atoms with Crippen LogP contribution in [0.4, 0.5) is 0 Å². The number of hydrogen-bond acceptors (Lipinski definition) is 5. The fraction of sp³-hybridized carbons (Fsp3) is 0.688. The lowest BCUT2D eigenvalue weighted by Gasteiger charge is -2.31. The molecule has 0 amide bonds. The van der Waals surface area contributed by atoms with Gasteiger partial charge in [-0.25, -0.2) is 4.98 Å². The van der Waals surface area contributed by atoms with Gasteiger partial charge < -0.3 is 4.57 Å². The monoisotopic (exact) mass is 317 g/mol. The minimum absolute atomic E-state index is 0.534. The van der Waals surface area contributed by atoms with Gasteiger partial charge in [0, 0.05) is 37.4 Å². The second kappa shape index (κ2) is 6.46. The van der Waals surface area contributed by atoms with Crippen LogP contribution in [0.3, 0.4) is 0 Å². The topological polar surface area (TPSA) is 46.8 Å². The highest BCUT2D eigenvalue weighted by molar-refractivity contribution is 7.07. The van der Waals surface area contributed by atoms with Gasteiger partial charge in [-0.1, -0.05) is 6.42 Å². The number of rotatable bonds is 3. The third kappa shape index (κ3) is 2.94. The standard InChI is InChI=1S/C16H23N5S/c1-2-6-15-18-19-16(21(15)8-3-1)13-5-4-7-20(9-13)10-14-11-22-12-17-14/h11-13H,1-10H2. The van der Waals surface area contributed by atoms with Gasteiger partial charge in [0.1, 0.15) is 11.6 Å². The molecule has 22 heavy (non-hydrogen) atoms. The highest BCUT2D eigenvalue weighted by atomic mass is 32.1. The highest BCUT2D eigenvalue weighted by Gasteiger charge is 2.27. The van der Waals surface area contributed by atoms with Gasteiger partial charge in [-0.05, 0) is 32.2 Å². The van der Waals surface area contributed by atoms with Crippen LogP contribution < -0.4 is 0 Å². The maximum absolute atomic E-state index is 4.57. The third-order valence-corrected chi connectivity index (χ3v) is 5.51. The summed E-state index contributed by atoms with van der Waals surface area (Å²) in [7, 11) is 0.